The van der Waals surface area contributed by atoms with Crippen LogP contribution < -0.4 is 0 Å². The first kappa shape index (κ1) is 44.2. The molecule has 4 heteroatoms. The third-order valence-electron chi connectivity index (χ3n) is 10.5. The first-order valence-corrected chi connectivity index (χ1v) is 21.1. The van der Waals surface area contributed by atoms with Gasteiger partial charge in [-0.1, -0.05) is 206 Å². The quantitative estimate of drug-likeness (QED) is 0.0697. The summed E-state index contributed by atoms with van der Waals surface area (Å²) in [5.41, 5.74) is 2.14. The zero-order chi connectivity index (χ0) is 34.9. The lowest BCUT2D eigenvalue weighted by molar-refractivity contribution is 0.0679. The minimum atomic E-state index is -0.938. The summed E-state index contributed by atoms with van der Waals surface area (Å²) in [7, 11) is 0. The highest BCUT2D eigenvalue weighted by molar-refractivity contribution is 5.95. The van der Waals surface area contributed by atoms with Crippen molar-refractivity contribution in [1.82, 2.24) is 0 Å². The Morgan fingerprint density at radius 3 is 0.729 bits per heavy atom. The van der Waals surface area contributed by atoms with Gasteiger partial charge in [0.2, 0.25) is 0 Å². The Morgan fingerprint density at radius 1 is 0.354 bits per heavy atom. The van der Waals surface area contributed by atoms with Gasteiger partial charge >= 0.3 is 11.9 Å². The standard InChI is InChI=1S/C44H78O4/c1-3-5-7-9-11-13-15-17-19-21-23-25-27-29-31-33-35-39-40(42(44(47)48)38-37-41(39)43(45)46)36-34-32-30-28-26-24-22-20-18-16-14-12-10-8-6-4-2/h37-38H,3-36H2,1-2H3,(H,45,46)(H,47,48). The van der Waals surface area contributed by atoms with Gasteiger partial charge in [0.1, 0.15) is 0 Å². The van der Waals surface area contributed by atoms with Crippen LogP contribution in [0.15, 0.2) is 12.1 Å². The lowest BCUT2D eigenvalue weighted by atomic mass is 9.88. The number of aromatic carboxylic acids is 2. The van der Waals surface area contributed by atoms with Gasteiger partial charge in [0.05, 0.1) is 11.1 Å². The highest BCUT2D eigenvalue weighted by Crippen LogP contribution is 2.26. The van der Waals surface area contributed by atoms with Crippen molar-refractivity contribution in [2.75, 3.05) is 0 Å². The number of rotatable bonds is 36. The zero-order valence-electron chi connectivity index (χ0n) is 31.9. The fraction of sp³-hybridized carbons (Fsp3) is 0.818. The highest BCUT2D eigenvalue weighted by Gasteiger charge is 2.20. The average Bonchev–Trinajstić information content (AvgIpc) is 3.07. The molecule has 0 bridgehead atoms. The summed E-state index contributed by atoms with van der Waals surface area (Å²) in [6.07, 6.45) is 43.1. The third-order valence-corrected chi connectivity index (χ3v) is 10.5. The number of hydrogen-bond acceptors (Lipinski definition) is 2. The lowest BCUT2D eigenvalue weighted by Gasteiger charge is -2.16. The van der Waals surface area contributed by atoms with Crippen molar-refractivity contribution in [2.45, 2.75) is 232 Å². The summed E-state index contributed by atoms with van der Waals surface area (Å²) in [4.78, 5) is 24.2. The Kier molecular flexibility index (Phi) is 29.8. The van der Waals surface area contributed by atoms with Crippen LogP contribution in [0, 0.1) is 0 Å². The summed E-state index contributed by atoms with van der Waals surface area (Å²) >= 11 is 0. The van der Waals surface area contributed by atoms with E-state index in [0.717, 1.165) is 36.8 Å². The van der Waals surface area contributed by atoms with Crippen LogP contribution in [-0.4, -0.2) is 22.2 Å². The molecule has 1 rings (SSSR count). The average molecular weight is 671 g/mol. The number of benzene rings is 1. The molecule has 278 valence electrons. The molecule has 0 unspecified atom stereocenters. The van der Waals surface area contributed by atoms with E-state index in [0.29, 0.717) is 24.0 Å². The number of carboxylic acid groups (broad SMARTS) is 2. The first-order valence-electron chi connectivity index (χ1n) is 21.1. The van der Waals surface area contributed by atoms with E-state index in [9.17, 15) is 19.8 Å². The van der Waals surface area contributed by atoms with Crippen LogP contribution in [-0.2, 0) is 12.8 Å². The molecule has 1 aromatic carbocycles. The monoisotopic (exact) mass is 671 g/mol. The molecule has 48 heavy (non-hydrogen) atoms. The summed E-state index contributed by atoms with van der Waals surface area (Å²) < 4.78 is 0. The van der Waals surface area contributed by atoms with E-state index in [4.69, 9.17) is 0 Å². The molecule has 0 aliphatic heterocycles. The second-order valence-electron chi connectivity index (χ2n) is 14.8. The normalized spacial score (nSPS) is 11.4. The summed E-state index contributed by atoms with van der Waals surface area (Å²) in [6, 6.07) is 3.04. The fourth-order valence-electron chi connectivity index (χ4n) is 7.36. The van der Waals surface area contributed by atoms with Crippen molar-refractivity contribution in [3.63, 3.8) is 0 Å². The molecular weight excluding hydrogens is 592 g/mol. The van der Waals surface area contributed by atoms with E-state index in [1.54, 1.807) is 0 Å². The minimum Gasteiger partial charge on any atom is -0.478 e. The van der Waals surface area contributed by atoms with Crippen molar-refractivity contribution in [1.29, 1.82) is 0 Å². The maximum atomic E-state index is 12.1. The topological polar surface area (TPSA) is 74.6 Å². The molecule has 0 fully saturated rings. The largest absolute Gasteiger partial charge is 0.478 e. The second-order valence-corrected chi connectivity index (χ2v) is 14.8. The molecule has 0 saturated carbocycles. The van der Waals surface area contributed by atoms with E-state index < -0.39 is 11.9 Å². The van der Waals surface area contributed by atoms with Gasteiger partial charge in [-0.2, -0.15) is 0 Å². The van der Waals surface area contributed by atoms with Crippen LogP contribution >= 0.6 is 0 Å². The maximum Gasteiger partial charge on any atom is 0.335 e. The lowest BCUT2D eigenvalue weighted by Crippen LogP contribution is -2.12. The molecule has 4 nitrogen and oxygen atoms in total. The molecule has 1 aromatic rings. The van der Waals surface area contributed by atoms with Gasteiger partial charge in [-0.25, -0.2) is 9.59 Å². The van der Waals surface area contributed by atoms with E-state index in [1.807, 2.05) is 0 Å². The highest BCUT2D eigenvalue weighted by atomic mass is 16.4. The predicted molar refractivity (Wildman–Crippen MR) is 207 cm³/mol. The summed E-state index contributed by atoms with van der Waals surface area (Å²) in [5, 5.41) is 19.8. The maximum absolute atomic E-state index is 12.1. The van der Waals surface area contributed by atoms with Gasteiger partial charge in [-0.15, -0.1) is 0 Å². The number of carbonyl (C=O) groups is 2. The third kappa shape index (κ3) is 23.5. The predicted octanol–water partition coefficient (Wildman–Crippen LogP) is 14.7. The van der Waals surface area contributed by atoms with Crippen molar-refractivity contribution in [2.24, 2.45) is 0 Å². The molecular formula is C44H78O4. The van der Waals surface area contributed by atoms with Gasteiger partial charge in [0.15, 0.2) is 0 Å². The Morgan fingerprint density at radius 2 is 0.542 bits per heavy atom. The van der Waals surface area contributed by atoms with E-state index in [-0.39, 0.29) is 0 Å². The van der Waals surface area contributed by atoms with Crippen LogP contribution in [0.4, 0.5) is 0 Å². The molecule has 0 atom stereocenters. The Balaban J connectivity index is 2.27. The zero-order valence-corrected chi connectivity index (χ0v) is 31.9. The molecule has 0 aliphatic rings. The Hall–Kier alpha value is -1.84. The van der Waals surface area contributed by atoms with Crippen LogP contribution in [0.2, 0.25) is 0 Å². The van der Waals surface area contributed by atoms with E-state index in [1.165, 1.54) is 192 Å². The summed E-state index contributed by atoms with van der Waals surface area (Å²) in [5.74, 6) is -1.88. The van der Waals surface area contributed by atoms with Crippen molar-refractivity contribution < 1.29 is 19.8 Å². The Labute approximate surface area is 297 Å². The van der Waals surface area contributed by atoms with E-state index in [2.05, 4.69) is 13.8 Å². The Bertz CT molecular complexity index is 834. The van der Waals surface area contributed by atoms with Crippen LogP contribution in [0.5, 0.6) is 0 Å². The van der Waals surface area contributed by atoms with Gasteiger partial charge in [-0.05, 0) is 48.9 Å². The molecule has 0 radical (unpaired) electrons. The van der Waals surface area contributed by atoms with Crippen LogP contribution in [0.3, 0.4) is 0 Å². The van der Waals surface area contributed by atoms with Crippen LogP contribution in [0.25, 0.3) is 0 Å². The van der Waals surface area contributed by atoms with Gasteiger partial charge in [0.25, 0.3) is 0 Å². The molecule has 0 spiro atoms. The molecule has 2 N–H and O–H groups in total. The number of hydrogen-bond donors (Lipinski definition) is 2. The smallest absolute Gasteiger partial charge is 0.335 e. The van der Waals surface area contributed by atoms with Crippen molar-refractivity contribution in [3.05, 3.63) is 34.4 Å². The van der Waals surface area contributed by atoms with E-state index >= 15 is 0 Å². The van der Waals surface area contributed by atoms with Gasteiger partial charge in [-0.3, -0.25) is 0 Å². The first-order chi connectivity index (χ1) is 23.5. The van der Waals surface area contributed by atoms with Gasteiger partial charge < -0.3 is 10.2 Å². The SMILES string of the molecule is CCCCCCCCCCCCCCCCCCc1c(C(=O)O)ccc(C(=O)O)c1CCCCCCCCCCCCCCCCCC. The molecule has 0 amide bonds. The van der Waals surface area contributed by atoms with Crippen molar-refractivity contribution >= 4 is 11.9 Å². The van der Waals surface area contributed by atoms with Crippen molar-refractivity contribution in [3.8, 4) is 0 Å². The van der Waals surface area contributed by atoms with Gasteiger partial charge in [0, 0.05) is 0 Å². The second kappa shape index (κ2) is 32.4. The van der Waals surface area contributed by atoms with Crippen LogP contribution in [0.1, 0.15) is 251 Å². The molecule has 0 aliphatic carbocycles. The molecule has 0 heterocycles. The molecule has 0 saturated heterocycles. The number of unbranched alkanes of at least 4 members (excludes halogenated alkanes) is 30. The summed E-state index contributed by atoms with van der Waals surface area (Å²) in [6.45, 7) is 4.55. The fourth-order valence-corrected chi connectivity index (χ4v) is 7.36. The molecule has 0 aromatic heterocycles. The minimum absolute atomic E-state index is 0.299. The number of carboxylic acids is 2.